The van der Waals surface area contributed by atoms with Gasteiger partial charge in [0.25, 0.3) is 5.91 Å². The van der Waals surface area contributed by atoms with Crippen LogP contribution in [-0.2, 0) is 0 Å². The van der Waals surface area contributed by atoms with Crippen molar-refractivity contribution in [2.24, 2.45) is 5.73 Å². The van der Waals surface area contributed by atoms with Crippen LogP contribution in [0.3, 0.4) is 0 Å². The molecule has 0 unspecified atom stereocenters. The average molecular weight is 288 g/mol. The number of carbonyl (C=O) groups is 1. The van der Waals surface area contributed by atoms with Crippen molar-refractivity contribution in [1.82, 2.24) is 10.9 Å². The molecule has 0 saturated carbocycles. The van der Waals surface area contributed by atoms with E-state index >= 15 is 0 Å². The predicted octanol–water partition coefficient (Wildman–Crippen LogP) is 1.24. The van der Waals surface area contributed by atoms with Crippen LogP contribution in [0.25, 0.3) is 0 Å². The van der Waals surface area contributed by atoms with E-state index < -0.39 is 0 Å². The molecule has 0 spiro atoms. The third-order valence-electron chi connectivity index (χ3n) is 1.60. The molecule has 1 rings (SSSR count). The maximum Gasteiger partial charge on any atom is 0.269 e. The van der Waals surface area contributed by atoms with Crippen LogP contribution in [0.15, 0.2) is 22.7 Å². The molecule has 1 amide bonds. The lowest BCUT2D eigenvalue weighted by molar-refractivity contribution is 0.0944. The number of nitrogens with one attached hydrogen (secondary N) is 2. The molecule has 0 aromatic heterocycles. The molecule has 1 aromatic carbocycles. The largest absolute Gasteiger partial charge is 0.375 e. The molecule has 0 heterocycles. The number of hydrogen-bond donors (Lipinski definition) is 3. The Labute approximate surface area is 101 Å². The Hall–Kier alpha value is -1.14. The number of nitrogens with two attached hydrogens (primary N) is 1. The minimum Gasteiger partial charge on any atom is -0.375 e. The summed E-state index contributed by atoms with van der Waals surface area (Å²) in [6.07, 6.45) is 0. The van der Waals surface area contributed by atoms with Gasteiger partial charge in [-0.2, -0.15) is 0 Å². The number of aryl methyl sites for hydroxylation is 1. The van der Waals surface area contributed by atoms with E-state index in [0.717, 1.165) is 10.0 Å². The van der Waals surface area contributed by atoms with Crippen LogP contribution in [0.2, 0.25) is 0 Å². The van der Waals surface area contributed by atoms with Crippen LogP contribution < -0.4 is 16.6 Å². The zero-order valence-electron chi connectivity index (χ0n) is 8.00. The monoisotopic (exact) mass is 287 g/mol. The van der Waals surface area contributed by atoms with Crippen molar-refractivity contribution in [3.8, 4) is 0 Å². The van der Waals surface area contributed by atoms with E-state index in [4.69, 9.17) is 5.73 Å². The average Bonchev–Trinajstić information content (AvgIpc) is 2.12. The Morgan fingerprint density at radius 3 is 2.60 bits per heavy atom. The van der Waals surface area contributed by atoms with E-state index in [1.165, 1.54) is 0 Å². The normalized spacial score (nSPS) is 9.47. The topological polar surface area (TPSA) is 67.2 Å². The third-order valence-corrected chi connectivity index (χ3v) is 2.16. The first-order chi connectivity index (χ1) is 6.99. The molecule has 4 nitrogen and oxygen atoms in total. The van der Waals surface area contributed by atoms with Crippen LogP contribution in [0.4, 0.5) is 0 Å². The number of carbonyl (C=O) groups excluding carboxylic acids is 1. The lowest BCUT2D eigenvalue weighted by Gasteiger charge is -2.07. The van der Waals surface area contributed by atoms with Crippen LogP contribution in [0.1, 0.15) is 15.9 Å². The van der Waals surface area contributed by atoms with Gasteiger partial charge >= 0.3 is 0 Å². The van der Waals surface area contributed by atoms with Gasteiger partial charge in [-0.1, -0.05) is 15.9 Å². The number of hydrogen-bond acceptors (Lipinski definition) is 2. The second-order valence-electron chi connectivity index (χ2n) is 2.96. The lowest BCUT2D eigenvalue weighted by Crippen LogP contribution is -2.44. The van der Waals surface area contributed by atoms with Crippen LogP contribution in [-0.4, -0.2) is 11.0 Å². The standard InChI is InChI=1S/C9H10BrN3OS/c1-5-2-6(4-7(10)3-5)8(14)12-13-9(11)15/h2-4H,1H3,(H,12,14)(H3,11,13,15). The zero-order chi connectivity index (χ0) is 11.4. The van der Waals surface area contributed by atoms with E-state index in [0.29, 0.717) is 5.56 Å². The summed E-state index contributed by atoms with van der Waals surface area (Å²) in [4.78, 5) is 11.5. The smallest absolute Gasteiger partial charge is 0.269 e. The van der Waals surface area contributed by atoms with Crippen molar-refractivity contribution in [3.63, 3.8) is 0 Å². The number of hydrazine groups is 1. The van der Waals surface area contributed by atoms with Gasteiger partial charge in [0.2, 0.25) is 0 Å². The maximum absolute atomic E-state index is 11.5. The van der Waals surface area contributed by atoms with E-state index in [-0.39, 0.29) is 11.0 Å². The highest BCUT2D eigenvalue weighted by Gasteiger charge is 2.06. The molecule has 6 heteroatoms. The Morgan fingerprint density at radius 1 is 1.40 bits per heavy atom. The van der Waals surface area contributed by atoms with Crippen molar-refractivity contribution < 1.29 is 4.79 Å². The Balaban J connectivity index is 2.77. The molecule has 15 heavy (non-hydrogen) atoms. The first-order valence-corrected chi connectivity index (χ1v) is 5.32. The minimum atomic E-state index is -0.285. The fraction of sp³-hybridized carbons (Fsp3) is 0.111. The van der Waals surface area contributed by atoms with Crippen LogP contribution in [0.5, 0.6) is 0 Å². The van der Waals surface area contributed by atoms with E-state index in [9.17, 15) is 4.79 Å². The first-order valence-electron chi connectivity index (χ1n) is 4.12. The molecule has 4 N–H and O–H groups in total. The highest BCUT2D eigenvalue weighted by molar-refractivity contribution is 9.10. The predicted molar refractivity (Wildman–Crippen MR) is 66.3 cm³/mol. The van der Waals surface area contributed by atoms with Gasteiger partial charge < -0.3 is 5.73 Å². The summed E-state index contributed by atoms with van der Waals surface area (Å²) in [5, 5.41) is 0.0232. The molecule has 0 atom stereocenters. The van der Waals surface area contributed by atoms with Gasteiger partial charge in [-0.15, -0.1) is 0 Å². The second kappa shape index (κ2) is 5.09. The Kier molecular flexibility index (Phi) is 4.05. The molecule has 0 radical (unpaired) electrons. The maximum atomic E-state index is 11.5. The number of benzene rings is 1. The lowest BCUT2D eigenvalue weighted by atomic mass is 10.1. The summed E-state index contributed by atoms with van der Waals surface area (Å²) in [5.74, 6) is -0.285. The van der Waals surface area contributed by atoms with Crippen molar-refractivity contribution >= 4 is 39.2 Å². The third kappa shape index (κ3) is 3.85. The van der Waals surface area contributed by atoms with Crippen LogP contribution in [0, 0.1) is 6.92 Å². The number of amides is 1. The molecule has 0 aliphatic heterocycles. The second-order valence-corrected chi connectivity index (χ2v) is 4.32. The van der Waals surface area contributed by atoms with Gasteiger partial charge in [-0.25, -0.2) is 0 Å². The molecule has 0 aliphatic carbocycles. The summed E-state index contributed by atoms with van der Waals surface area (Å²) < 4.78 is 0.850. The van der Waals surface area contributed by atoms with Gasteiger partial charge in [-0.3, -0.25) is 15.6 Å². The van der Waals surface area contributed by atoms with E-state index in [1.807, 2.05) is 13.0 Å². The van der Waals surface area contributed by atoms with E-state index in [2.05, 4.69) is 39.0 Å². The number of halogens is 1. The van der Waals surface area contributed by atoms with Crippen molar-refractivity contribution in [2.45, 2.75) is 6.92 Å². The van der Waals surface area contributed by atoms with Gasteiger partial charge in [0, 0.05) is 10.0 Å². The fourth-order valence-electron chi connectivity index (χ4n) is 1.06. The van der Waals surface area contributed by atoms with Gasteiger partial charge in [0.15, 0.2) is 5.11 Å². The highest BCUT2D eigenvalue weighted by Crippen LogP contribution is 2.14. The quantitative estimate of drug-likeness (QED) is 0.537. The first kappa shape index (κ1) is 11.9. The molecular formula is C9H10BrN3OS. The molecule has 0 fully saturated rings. The molecular weight excluding hydrogens is 278 g/mol. The summed E-state index contributed by atoms with van der Waals surface area (Å²) in [6.45, 7) is 1.91. The van der Waals surface area contributed by atoms with Crippen LogP contribution >= 0.6 is 28.1 Å². The minimum absolute atomic E-state index is 0.0232. The highest BCUT2D eigenvalue weighted by atomic mass is 79.9. The number of thiocarbonyl (C=S) groups is 1. The van der Waals surface area contributed by atoms with Crippen molar-refractivity contribution in [3.05, 3.63) is 33.8 Å². The molecule has 0 aliphatic rings. The summed E-state index contributed by atoms with van der Waals surface area (Å²) in [6, 6.07) is 5.39. The summed E-state index contributed by atoms with van der Waals surface area (Å²) >= 11 is 7.87. The molecule has 1 aromatic rings. The molecule has 0 bridgehead atoms. The number of rotatable bonds is 1. The van der Waals surface area contributed by atoms with Gasteiger partial charge in [-0.05, 0) is 42.9 Å². The molecule has 0 saturated heterocycles. The SMILES string of the molecule is Cc1cc(Br)cc(C(=O)NNC(N)=S)c1. The summed E-state index contributed by atoms with van der Waals surface area (Å²) in [7, 11) is 0. The summed E-state index contributed by atoms with van der Waals surface area (Å²) in [5.41, 5.74) is 11.5. The van der Waals surface area contributed by atoms with Crippen molar-refractivity contribution in [1.29, 1.82) is 0 Å². The van der Waals surface area contributed by atoms with Crippen molar-refractivity contribution in [2.75, 3.05) is 0 Å². The fourth-order valence-corrected chi connectivity index (χ4v) is 1.72. The van der Waals surface area contributed by atoms with Gasteiger partial charge in [0.05, 0.1) is 0 Å². The zero-order valence-corrected chi connectivity index (χ0v) is 10.4. The van der Waals surface area contributed by atoms with E-state index in [1.54, 1.807) is 12.1 Å². The molecule has 80 valence electrons. The Bertz CT molecular complexity index is 388. The Morgan fingerprint density at radius 2 is 2.07 bits per heavy atom. The van der Waals surface area contributed by atoms with Gasteiger partial charge in [0.1, 0.15) is 0 Å².